The van der Waals surface area contributed by atoms with Gasteiger partial charge in [0.25, 0.3) is 5.91 Å². The molecule has 0 fully saturated rings. The van der Waals surface area contributed by atoms with E-state index >= 15 is 0 Å². The molecular weight excluding hydrogens is 468 g/mol. The number of rotatable bonds is 11. The summed E-state index contributed by atoms with van der Waals surface area (Å²) in [5.74, 6) is -0.817. The van der Waals surface area contributed by atoms with Gasteiger partial charge in [-0.15, -0.1) is 0 Å². The van der Waals surface area contributed by atoms with Crippen LogP contribution in [0.1, 0.15) is 46.0 Å². The Labute approximate surface area is 205 Å². The summed E-state index contributed by atoms with van der Waals surface area (Å²) in [7, 11) is -2.60. The third kappa shape index (κ3) is 7.14. The number of hydrogen-bond acceptors (Lipinski definition) is 6. The van der Waals surface area contributed by atoms with Gasteiger partial charge in [-0.1, -0.05) is 43.7 Å². The number of carbonyl (C=O) groups is 2. The average Bonchev–Trinajstić information content (AvgIpc) is 2.88. The van der Waals surface area contributed by atoms with Crippen molar-refractivity contribution in [2.75, 3.05) is 19.0 Å². The fourth-order valence-corrected chi connectivity index (χ4v) is 4.38. The second-order valence-corrected chi connectivity index (χ2v) is 9.43. The van der Waals surface area contributed by atoms with Crippen molar-refractivity contribution >= 4 is 27.6 Å². The van der Waals surface area contributed by atoms with Crippen LogP contribution in [-0.4, -0.2) is 34.0 Å². The van der Waals surface area contributed by atoms with E-state index < -0.39 is 21.9 Å². The summed E-state index contributed by atoms with van der Waals surface area (Å²) in [4.78, 5) is 24.7. The van der Waals surface area contributed by atoms with Crippen LogP contribution in [0.25, 0.3) is 0 Å². The zero-order valence-electron chi connectivity index (χ0n) is 19.6. The monoisotopic (exact) mass is 496 g/mol. The quantitative estimate of drug-likeness (QED) is 0.301. The van der Waals surface area contributed by atoms with Crippen molar-refractivity contribution in [3.63, 3.8) is 0 Å². The summed E-state index contributed by atoms with van der Waals surface area (Å²) in [6.45, 7) is 2.46. The molecule has 1 amide bonds. The number of benzene rings is 3. The lowest BCUT2D eigenvalue weighted by molar-refractivity contribution is 0.0499. The van der Waals surface area contributed by atoms with Crippen molar-refractivity contribution < 1.29 is 27.5 Å². The summed E-state index contributed by atoms with van der Waals surface area (Å²) >= 11 is 0. The van der Waals surface area contributed by atoms with Gasteiger partial charge in [-0.2, -0.15) is 0 Å². The molecule has 184 valence electrons. The first kappa shape index (κ1) is 25.9. The molecule has 9 heteroatoms. The van der Waals surface area contributed by atoms with Crippen LogP contribution < -0.4 is 14.8 Å². The van der Waals surface area contributed by atoms with Crippen molar-refractivity contribution in [2.45, 2.75) is 31.2 Å². The molecule has 0 heterocycles. The Bertz CT molecular complexity index is 1260. The SMILES string of the molecule is CCCCOC(=O)c1ccc(NC(=O)c2ccc(OC)c(S(=O)(=O)NCc3ccccc3)c2)cc1. The lowest BCUT2D eigenvalue weighted by Gasteiger charge is -2.13. The number of methoxy groups -OCH3 is 1. The molecule has 0 aromatic heterocycles. The van der Waals surface area contributed by atoms with Crippen molar-refractivity contribution in [2.24, 2.45) is 0 Å². The Balaban J connectivity index is 1.72. The minimum Gasteiger partial charge on any atom is -0.495 e. The van der Waals surface area contributed by atoms with Gasteiger partial charge >= 0.3 is 5.97 Å². The smallest absolute Gasteiger partial charge is 0.338 e. The average molecular weight is 497 g/mol. The summed E-state index contributed by atoms with van der Waals surface area (Å²) in [6, 6.07) is 19.5. The number of anilines is 1. The molecule has 0 aliphatic rings. The lowest BCUT2D eigenvalue weighted by Crippen LogP contribution is -2.24. The lowest BCUT2D eigenvalue weighted by atomic mass is 10.1. The summed E-state index contributed by atoms with van der Waals surface area (Å²) in [6.07, 6.45) is 1.72. The van der Waals surface area contributed by atoms with E-state index in [1.54, 1.807) is 36.4 Å². The molecule has 3 aromatic carbocycles. The summed E-state index contributed by atoms with van der Waals surface area (Å²) < 4.78 is 38.8. The van der Waals surface area contributed by atoms with Crippen LogP contribution in [-0.2, 0) is 21.3 Å². The molecule has 0 unspecified atom stereocenters. The number of sulfonamides is 1. The van der Waals surface area contributed by atoms with Crippen LogP contribution in [0.5, 0.6) is 5.75 Å². The first-order chi connectivity index (χ1) is 16.8. The summed E-state index contributed by atoms with van der Waals surface area (Å²) in [5.41, 5.74) is 1.75. The largest absolute Gasteiger partial charge is 0.495 e. The molecular formula is C26H28N2O6S. The van der Waals surface area contributed by atoms with Gasteiger partial charge in [0.15, 0.2) is 0 Å². The van der Waals surface area contributed by atoms with E-state index in [4.69, 9.17) is 9.47 Å². The third-order valence-electron chi connectivity index (χ3n) is 5.13. The van der Waals surface area contributed by atoms with Gasteiger partial charge in [0.2, 0.25) is 10.0 Å². The van der Waals surface area contributed by atoms with Crippen molar-refractivity contribution in [3.8, 4) is 5.75 Å². The van der Waals surface area contributed by atoms with Crippen LogP contribution in [0.15, 0.2) is 77.7 Å². The van der Waals surface area contributed by atoms with Gasteiger partial charge in [-0.3, -0.25) is 4.79 Å². The number of esters is 1. The van der Waals surface area contributed by atoms with Crippen molar-refractivity contribution in [1.29, 1.82) is 0 Å². The molecule has 0 saturated heterocycles. The molecule has 3 aromatic rings. The van der Waals surface area contributed by atoms with Gasteiger partial charge in [0.1, 0.15) is 10.6 Å². The topological polar surface area (TPSA) is 111 Å². The third-order valence-corrected chi connectivity index (χ3v) is 6.56. The molecule has 35 heavy (non-hydrogen) atoms. The van der Waals surface area contributed by atoms with E-state index in [-0.39, 0.29) is 22.8 Å². The Kier molecular flexibility index (Phi) is 8.99. The van der Waals surface area contributed by atoms with Gasteiger partial charge in [-0.25, -0.2) is 17.9 Å². The van der Waals surface area contributed by atoms with Crippen LogP contribution in [0.4, 0.5) is 5.69 Å². The zero-order chi connectivity index (χ0) is 25.3. The number of carbonyl (C=O) groups excluding carboxylic acids is 2. The highest BCUT2D eigenvalue weighted by molar-refractivity contribution is 7.89. The number of hydrogen-bond donors (Lipinski definition) is 2. The van der Waals surface area contributed by atoms with Gasteiger partial charge in [-0.05, 0) is 54.4 Å². The Morgan fingerprint density at radius 2 is 1.60 bits per heavy atom. The minimum atomic E-state index is -3.96. The van der Waals surface area contributed by atoms with E-state index in [9.17, 15) is 18.0 Å². The van der Waals surface area contributed by atoms with Crippen LogP contribution in [0.2, 0.25) is 0 Å². The second-order valence-electron chi connectivity index (χ2n) is 7.70. The standard InChI is InChI=1S/C26H28N2O6S/c1-3-4-16-34-26(30)20-10-13-22(14-11-20)28-25(29)21-12-15-23(33-2)24(17-21)35(31,32)27-18-19-8-6-5-7-9-19/h5-15,17,27H,3-4,16,18H2,1-2H3,(H,28,29). The molecule has 0 spiro atoms. The maximum absolute atomic E-state index is 12.9. The molecule has 0 aliphatic carbocycles. The molecule has 0 aliphatic heterocycles. The second kappa shape index (κ2) is 12.1. The van der Waals surface area contributed by atoms with Crippen molar-refractivity contribution in [3.05, 3.63) is 89.5 Å². The highest BCUT2D eigenvalue weighted by Gasteiger charge is 2.22. The van der Waals surface area contributed by atoms with E-state index in [2.05, 4.69) is 10.0 Å². The molecule has 0 radical (unpaired) electrons. The minimum absolute atomic E-state index is 0.0932. The Morgan fingerprint density at radius 1 is 0.914 bits per heavy atom. The Hall–Kier alpha value is -3.69. The molecule has 2 N–H and O–H groups in total. The maximum atomic E-state index is 12.9. The fourth-order valence-electron chi connectivity index (χ4n) is 3.17. The molecule has 8 nitrogen and oxygen atoms in total. The number of unbranched alkanes of at least 4 members (excludes halogenated alkanes) is 1. The molecule has 0 bridgehead atoms. The van der Waals surface area contributed by atoms with Crippen LogP contribution in [0, 0.1) is 0 Å². The number of nitrogens with one attached hydrogen (secondary N) is 2. The van der Waals surface area contributed by atoms with E-state index in [1.165, 1.54) is 25.3 Å². The van der Waals surface area contributed by atoms with Gasteiger partial charge in [0.05, 0.1) is 19.3 Å². The molecule has 0 saturated carbocycles. The predicted molar refractivity (Wildman–Crippen MR) is 133 cm³/mol. The van der Waals surface area contributed by atoms with E-state index in [1.807, 2.05) is 25.1 Å². The highest BCUT2D eigenvalue weighted by atomic mass is 32.2. The van der Waals surface area contributed by atoms with Gasteiger partial charge < -0.3 is 14.8 Å². The summed E-state index contributed by atoms with van der Waals surface area (Å²) in [5, 5.41) is 2.70. The zero-order valence-corrected chi connectivity index (χ0v) is 20.4. The van der Waals surface area contributed by atoms with Crippen molar-refractivity contribution in [1.82, 2.24) is 4.72 Å². The maximum Gasteiger partial charge on any atom is 0.338 e. The van der Waals surface area contributed by atoms with Crippen LogP contribution in [0.3, 0.4) is 0 Å². The normalized spacial score (nSPS) is 11.0. The number of ether oxygens (including phenoxy) is 2. The van der Waals surface area contributed by atoms with E-state index in [0.29, 0.717) is 17.9 Å². The molecule has 0 atom stereocenters. The first-order valence-electron chi connectivity index (χ1n) is 11.1. The van der Waals surface area contributed by atoms with Gasteiger partial charge in [0, 0.05) is 17.8 Å². The highest BCUT2D eigenvalue weighted by Crippen LogP contribution is 2.25. The predicted octanol–water partition coefficient (Wildman–Crippen LogP) is 4.38. The number of amides is 1. The van der Waals surface area contributed by atoms with E-state index in [0.717, 1.165) is 18.4 Å². The molecule has 3 rings (SSSR count). The Morgan fingerprint density at radius 3 is 2.26 bits per heavy atom. The van der Waals surface area contributed by atoms with Crippen LogP contribution >= 0.6 is 0 Å². The fraction of sp³-hybridized carbons (Fsp3) is 0.231. The first-order valence-corrected chi connectivity index (χ1v) is 12.6.